The Hall–Kier alpha value is -4.88. The van der Waals surface area contributed by atoms with Crippen LogP contribution in [-0.2, 0) is 23.9 Å². The summed E-state index contributed by atoms with van der Waals surface area (Å²) in [5.74, 6) is -3.51. The molecule has 0 radical (unpaired) electrons. The van der Waals surface area contributed by atoms with E-state index in [1.54, 1.807) is 36.4 Å². The molecule has 1 amide bonds. The number of amides is 1. The normalized spacial score (nSPS) is 16.1. The van der Waals surface area contributed by atoms with E-state index in [0.29, 0.717) is 11.3 Å². The van der Waals surface area contributed by atoms with E-state index in [-0.39, 0.29) is 37.6 Å². The van der Waals surface area contributed by atoms with Gasteiger partial charge in [-0.05, 0) is 17.7 Å². The van der Waals surface area contributed by atoms with Crippen molar-refractivity contribution in [3.8, 4) is 18.2 Å². The number of ether oxygens (including phenoxy) is 2. The van der Waals surface area contributed by atoms with Crippen molar-refractivity contribution in [2.45, 2.75) is 5.92 Å². The molecule has 1 aromatic rings. The monoisotopic (exact) mass is 459 g/mol. The van der Waals surface area contributed by atoms with Crippen LogP contribution in [0.25, 0.3) is 0 Å². The van der Waals surface area contributed by atoms with Crippen molar-refractivity contribution < 1.29 is 23.9 Å². The predicted octanol–water partition coefficient (Wildman–Crippen LogP) is 1.61. The lowest BCUT2D eigenvalue weighted by atomic mass is 9.86. The van der Waals surface area contributed by atoms with Crippen molar-refractivity contribution in [3.05, 3.63) is 66.4 Å². The number of nitrogens with zero attached hydrogens (tertiary/aromatic N) is 4. The van der Waals surface area contributed by atoms with Gasteiger partial charge < -0.3 is 19.7 Å². The molecular formula is C24H21N5O5. The second kappa shape index (κ2) is 12.2. The lowest BCUT2D eigenvalue weighted by Crippen LogP contribution is -2.32. The molecule has 10 nitrogen and oxygen atoms in total. The molecule has 2 atom stereocenters. The molecule has 34 heavy (non-hydrogen) atoms. The van der Waals surface area contributed by atoms with Gasteiger partial charge in [0, 0.05) is 17.8 Å². The van der Waals surface area contributed by atoms with E-state index in [9.17, 15) is 19.6 Å². The number of nitrogens with one attached hydrogen (secondary N) is 1. The average Bonchev–Trinajstić information content (AvgIpc) is 3.19. The molecule has 0 aliphatic carbocycles. The quantitative estimate of drug-likeness (QED) is 0.312. The van der Waals surface area contributed by atoms with Gasteiger partial charge in [0.1, 0.15) is 36.8 Å². The Bertz CT molecular complexity index is 1090. The number of esters is 2. The summed E-state index contributed by atoms with van der Waals surface area (Å²) in [7, 11) is 0. The first-order valence-corrected chi connectivity index (χ1v) is 10.1. The molecule has 2 unspecified atom stereocenters. The van der Waals surface area contributed by atoms with Gasteiger partial charge in [-0.1, -0.05) is 25.3 Å². The van der Waals surface area contributed by atoms with Crippen LogP contribution in [0.1, 0.15) is 11.5 Å². The highest BCUT2D eigenvalue weighted by molar-refractivity contribution is 5.90. The van der Waals surface area contributed by atoms with E-state index < -0.39 is 29.7 Å². The number of allylic oxidation sites excluding steroid dienone is 2. The Labute approximate surface area is 196 Å². The summed E-state index contributed by atoms with van der Waals surface area (Å²) >= 11 is 0. The molecular weight excluding hydrogens is 438 g/mol. The molecule has 172 valence electrons. The van der Waals surface area contributed by atoms with Gasteiger partial charge in [0.2, 0.25) is 5.91 Å². The van der Waals surface area contributed by atoms with E-state index in [4.69, 9.17) is 20.0 Å². The van der Waals surface area contributed by atoms with E-state index in [2.05, 4.69) is 18.5 Å². The summed E-state index contributed by atoms with van der Waals surface area (Å²) in [4.78, 5) is 37.0. The van der Waals surface area contributed by atoms with Crippen molar-refractivity contribution in [1.82, 2.24) is 5.32 Å². The highest BCUT2D eigenvalue weighted by Gasteiger charge is 2.41. The zero-order chi connectivity index (χ0) is 25.1. The number of rotatable bonds is 10. The minimum absolute atomic E-state index is 0.00118. The molecule has 0 aromatic heterocycles. The fraction of sp³-hybridized carbons (Fsp3) is 0.250. The van der Waals surface area contributed by atoms with Crippen molar-refractivity contribution in [3.63, 3.8) is 0 Å². The largest absolute Gasteiger partial charge is 0.461 e. The third kappa shape index (κ3) is 6.09. The molecule has 0 bridgehead atoms. The van der Waals surface area contributed by atoms with E-state index in [0.717, 1.165) is 12.2 Å². The van der Waals surface area contributed by atoms with Crippen molar-refractivity contribution in [2.24, 2.45) is 5.92 Å². The molecule has 2 rings (SSSR count). The smallest absolute Gasteiger partial charge is 0.330 e. The number of hydrogen-bond donors (Lipinski definition) is 1. The first-order chi connectivity index (χ1) is 16.4. The predicted molar refractivity (Wildman–Crippen MR) is 119 cm³/mol. The number of benzene rings is 1. The van der Waals surface area contributed by atoms with Gasteiger partial charge in [0.05, 0.1) is 30.8 Å². The fourth-order valence-corrected chi connectivity index (χ4v) is 3.35. The minimum atomic E-state index is -1.000. The Morgan fingerprint density at radius 2 is 1.53 bits per heavy atom. The second-order valence-corrected chi connectivity index (χ2v) is 6.91. The van der Waals surface area contributed by atoms with Crippen LogP contribution >= 0.6 is 0 Å². The average molecular weight is 459 g/mol. The number of anilines is 1. The molecule has 1 aliphatic rings. The zero-order valence-corrected chi connectivity index (χ0v) is 18.2. The van der Waals surface area contributed by atoms with Gasteiger partial charge >= 0.3 is 11.9 Å². The van der Waals surface area contributed by atoms with E-state index >= 15 is 0 Å². The number of carbonyl (C=O) groups is 3. The number of hydrogen-bond acceptors (Lipinski definition) is 9. The molecule has 1 heterocycles. The minimum Gasteiger partial charge on any atom is -0.461 e. The Kier molecular flexibility index (Phi) is 9.13. The molecule has 1 aromatic carbocycles. The van der Waals surface area contributed by atoms with Crippen molar-refractivity contribution in [2.75, 3.05) is 31.2 Å². The van der Waals surface area contributed by atoms with Gasteiger partial charge in [-0.15, -0.1) is 0 Å². The molecule has 1 saturated heterocycles. The van der Waals surface area contributed by atoms with Gasteiger partial charge in [0.25, 0.3) is 0 Å². The SMILES string of the molecule is C=CC(=O)OCCN(CCOC(=O)C=C)c1ccc(C2C(=O)NC(=C(C#N)C#N)C2C#N)cc1. The van der Waals surface area contributed by atoms with Gasteiger partial charge in [0.15, 0.2) is 0 Å². The van der Waals surface area contributed by atoms with Crippen molar-refractivity contribution >= 4 is 23.5 Å². The molecule has 0 spiro atoms. The van der Waals surface area contributed by atoms with Crippen LogP contribution in [0, 0.1) is 39.9 Å². The summed E-state index contributed by atoms with van der Waals surface area (Å²) in [6.45, 7) is 7.37. The van der Waals surface area contributed by atoms with Crippen LogP contribution in [0.4, 0.5) is 5.69 Å². The number of carbonyl (C=O) groups excluding carboxylic acids is 3. The van der Waals surface area contributed by atoms with Gasteiger partial charge in [-0.25, -0.2) is 9.59 Å². The maximum absolute atomic E-state index is 12.5. The Morgan fingerprint density at radius 1 is 1.00 bits per heavy atom. The molecule has 1 aliphatic heterocycles. The zero-order valence-electron chi connectivity index (χ0n) is 18.2. The third-order valence-electron chi connectivity index (χ3n) is 4.98. The summed E-state index contributed by atoms with van der Waals surface area (Å²) < 4.78 is 10.1. The van der Waals surface area contributed by atoms with Crippen LogP contribution in [-0.4, -0.2) is 44.1 Å². The van der Waals surface area contributed by atoms with Crippen LogP contribution in [0.2, 0.25) is 0 Å². The molecule has 1 fully saturated rings. The van der Waals surface area contributed by atoms with Gasteiger partial charge in [-0.2, -0.15) is 15.8 Å². The van der Waals surface area contributed by atoms with E-state index in [1.807, 2.05) is 11.0 Å². The highest BCUT2D eigenvalue weighted by atomic mass is 16.5. The summed E-state index contributed by atoms with van der Waals surface area (Å²) in [6.07, 6.45) is 2.10. The lowest BCUT2D eigenvalue weighted by Gasteiger charge is -2.25. The van der Waals surface area contributed by atoms with Crippen molar-refractivity contribution in [1.29, 1.82) is 15.8 Å². The lowest BCUT2D eigenvalue weighted by molar-refractivity contribution is -0.137. The topological polar surface area (TPSA) is 156 Å². The molecule has 0 saturated carbocycles. The maximum atomic E-state index is 12.5. The third-order valence-corrected chi connectivity index (χ3v) is 4.98. The van der Waals surface area contributed by atoms with Crippen LogP contribution in [0.5, 0.6) is 0 Å². The van der Waals surface area contributed by atoms with Crippen LogP contribution in [0.15, 0.2) is 60.8 Å². The van der Waals surface area contributed by atoms with Gasteiger partial charge in [-0.3, -0.25) is 4.79 Å². The summed E-state index contributed by atoms with van der Waals surface area (Å²) in [5, 5.41) is 30.3. The summed E-state index contributed by atoms with van der Waals surface area (Å²) in [5.41, 5.74) is 0.897. The van der Waals surface area contributed by atoms with Crippen LogP contribution < -0.4 is 10.2 Å². The van der Waals surface area contributed by atoms with E-state index in [1.165, 1.54) is 0 Å². The number of nitriles is 3. The fourth-order valence-electron chi connectivity index (χ4n) is 3.35. The Morgan fingerprint density at radius 3 is 1.97 bits per heavy atom. The highest BCUT2D eigenvalue weighted by Crippen LogP contribution is 2.36. The molecule has 10 heteroatoms. The standard InChI is InChI=1S/C24H21N5O5/c1-3-20(30)33-11-9-29(10-12-34-21(31)4-2)18-7-5-16(6-8-18)22-19(15-27)23(28-24(22)32)17(13-25)14-26/h3-8,19,22H,1-2,9-12H2,(H,28,32). The first kappa shape index (κ1) is 25.4. The second-order valence-electron chi connectivity index (χ2n) is 6.91. The maximum Gasteiger partial charge on any atom is 0.330 e. The molecule has 1 N–H and O–H groups in total. The first-order valence-electron chi connectivity index (χ1n) is 10.1. The Balaban J connectivity index is 2.24. The van der Waals surface area contributed by atoms with Crippen LogP contribution in [0.3, 0.4) is 0 Å². The summed E-state index contributed by atoms with van der Waals surface area (Å²) in [6, 6.07) is 12.1.